The SMILES string of the molecule is CCC(Nc1ncc(C(=O)O)cc1N)c1cccs1. The number of thiophene rings is 1. The van der Waals surface area contributed by atoms with E-state index in [4.69, 9.17) is 10.8 Å². The van der Waals surface area contributed by atoms with Crippen LogP contribution >= 0.6 is 11.3 Å². The Morgan fingerprint density at radius 1 is 1.63 bits per heavy atom. The molecule has 2 aromatic rings. The Morgan fingerprint density at radius 3 is 2.95 bits per heavy atom. The number of pyridine rings is 1. The average molecular weight is 277 g/mol. The fourth-order valence-corrected chi connectivity index (χ4v) is 2.61. The number of carboxylic acid groups (broad SMARTS) is 1. The minimum atomic E-state index is -1.03. The predicted molar refractivity (Wildman–Crippen MR) is 76.6 cm³/mol. The van der Waals surface area contributed by atoms with Gasteiger partial charge in [-0.25, -0.2) is 9.78 Å². The van der Waals surface area contributed by atoms with E-state index in [9.17, 15) is 4.79 Å². The Kier molecular flexibility index (Phi) is 4.01. The highest BCUT2D eigenvalue weighted by Gasteiger charge is 2.13. The lowest BCUT2D eigenvalue weighted by molar-refractivity contribution is 0.0696. The van der Waals surface area contributed by atoms with Crippen LogP contribution in [0.25, 0.3) is 0 Å². The van der Waals surface area contributed by atoms with E-state index in [-0.39, 0.29) is 11.6 Å². The van der Waals surface area contributed by atoms with E-state index in [1.165, 1.54) is 17.1 Å². The van der Waals surface area contributed by atoms with Gasteiger partial charge in [0.25, 0.3) is 0 Å². The largest absolute Gasteiger partial charge is 0.478 e. The first kappa shape index (κ1) is 13.4. The molecule has 5 nitrogen and oxygen atoms in total. The zero-order valence-electron chi connectivity index (χ0n) is 10.5. The summed E-state index contributed by atoms with van der Waals surface area (Å²) < 4.78 is 0. The highest BCUT2D eigenvalue weighted by molar-refractivity contribution is 7.10. The van der Waals surface area contributed by atoms with Crippen molar-refractivity contribution < 1.29 is 9.90 Å². The zero-order chi connectivity index (χ0) is 13.8. The van der Waals surface area contributed by atoms with Gasteiger partial charge in [0.15, 0.2) is 0 Å². The van der Waals surface area contributed by atoms with Crippen molar-refractivity contribution in [1.29, 1.82) is 0 Å². The molecule has 0 radical (unpaired) electrons. The number of nitrogens with zero attached hydrogens (tertiary/aromatic N) is 1. The highest BCUT2D eigenvalue weighted by atomic mass is 32.1. The molecule has 1 unspecified atom stereocenters. The summed E-state index contributed by atoms with van der Waals surface area (Å²) in [6, 6.07) is 5.59. The number of hydrogen-bond donors (Lipinski definition) is 3. The molecule has 0 saturated carbocycles. The summed E-state index contributed by atoms with van der Waals surface area (Å²) in [7, 11) is 0. The third-order valence-electron chi connectivity index (χ3n) is 2.77. The first-order valence-electron chi connectivity index (χ1n) is 5.90. The summed E-state index contributed by atoms with van der Waals surface area (Å²) in [5.41, 5.74) is 6.26. The van der Waals surface area contributed by atoms with Crippen molar-refractivity contribution in [2.45, 2.75) is 19.4 Å². The number of hydrogen-bond acceptors (Lipinski definition) is 5. The van der Waals surface area contributed by atoms with Crippen LogP contribution in [-0.2, 0) is 0 Å². The average Bonchev–Trinajstić information content (AvgIpc) is 2.91. The Bertz CT molecular complexity index is 569. The van der Waals surface area contributed by atoms with Gasteiger partial charge in [-0.05, 0) is 23.9 Å². The fourth-order valence-electron chi connectivity index (χ4n) is 1.75. The molecule has 0 spiro atoms. The van der Waals surface area contributed by atoms with Gasteiger partial charge in [0.1, 0.15) is 5.82 Å². The Morgan fingerprint density at radius 2 is 2.42 bits per heavy atom. The molecule has 1 atom stereocenters. The van der Waals surface area contributed by atoms with Gasteiger partial charge in [-0.1, -0.05) is 13.0 Å². The first-order chi connectivity index (χ1) is 9.11. The second-order valence-corrected chi connectivity index (χ2v) is 5.07. The third kappa shape index (κ3) is 3.03. The van der Waals surface area contributed by atoms with Crippen molar-refractivity contribution in [1.82, 2.24) is 4.98 Å². The summed E-state index contributed by atoms with van der Waals surface area (Å²) in [4.78, 5) is 16.1. The second-order valence-electron chi connectivity index (χ2n) is 4.09. The van der Waals surface area contributed by atoms with Crippen LogP contribution in [0.15, 0.2) is 29.8 Å². The van der Waals surface area contributed by atoms with E-state index < -0.39 is 5.97 Å². The molecule has 2 aromatic heterocycles. The molecule has 2 rings (SSSR count). The monoisotopic (exact) mass is 277 g/mol. The third-order valence-corrected chi connectivity index (χ3v) is 3.76. The molecular formula is C13H15N3O2S. The molecule has 100 valence electrons. The Balaban J connectivity index is 2.21. The number of carbonyl (C=O) groups is 1. The van der Waals surface area contributed by atoms with Crippen molar-refractivity contribution in [2.75, 3.05) is 11.1 Å². The minimum Gasteiger partial charge on any atom is -0.478 e. The maximum Gasteiger partial charge on any atom is 0.337 e. The van der Waals surface area contributed by atoms with E-state index in [0.717, 1.165) is 6.42 Å². The molecular weight excluding hydrogens is 262 g/mol. The summed E-state index contributed by atoms with van der Waals surface area (Å²) >= 11 is 1.66. The predicted octanol–water partition coefficient (Wildman–Crippen LogP) is 2.99. The molecule has 19 heavy (non-hydrogen) atoms. The summed E-state index contributed by atoms with van der Waals surface area (Å²) in [6.07, 6.45) is 2.20. The van der Waals surface area contributed by atoms with Gasteiger partial charge in [-0.3, -0.25) is 0 Å². The zero-order valence-corrected chi connectivity index (χ0v) is 11.3. The number of rotatable bonds is 5. The van der Waals surface area contributed by atoms with E-state index in [0.29, 0.717) is 11.5 Å². The number of aromatic carboxylic acids is 1. The van der Waals surface area contributed by atoms with E-state index in [1.807, 2.05) is 17.5 Å². The van der Waals surface area contributed by atoms with Crippen LogP contribution in [0, 0.1) is 0 Å². The van der Waals surface area contributed by atoms with E-state index >= 15 is 0 Å². The van der Waals surface area contributed by atoms with Crippen LogP contribution in [0.2, 0.25) is 0 Å². The maximum absolute atomic E-state index is 10.8. The van der Waals surface area contributed by atoms with Crippen molar-refractivity contribution in [2.24, 2.45) is 0 Å². The van der Waals surface area contributed by atoms with Gasteiger partial charge < -0.3 is 16.2 Å². The lowest BCUT2D eigenvalue weighted by Crippen LogP contribution is -2.12. The van der Waals surface area contributed by atoms with Gasteiger partial charge >= 0.3 is 5.97 Å². The van der Waals surface area contributed by atoms with Crippen LogP contribution in [0.5, 0.6) is 0 Å². The molecule has 0 aliphatic carbocycles. The molecule has 0 aromatic carbocycles. The smallest absolute Gasteiger partial charge is 0.337 e. The molecule has 0 aliphatic heterocycles. The standard InChI is InChI=1S/C13H15N3O2S/c1-2-10(11-4-3-5-19-11)16-12-9(14)6-8(7-15-12)13(17)18/h3-7,10H,2,14H2,1H3,(H,15,16)(H,17,18). The maximum atomic E-state index is 10.8. The van der Waals surface area contributed by atoms with Crippen molar-refractivity contribution in [3.63, 3.8) is 0 Å². The number of anilines is 2. The van der Waals surface area contributed by atoms with Crippen LogP contribution < -0.4 is 11.1 Å². The molecule has 0 fully saturated rings. The highest BCUT2D eigenvalue weighted by Crippen LogP contribution is 2.27. The lowest BCUT2D eigenvalue weighted by Gasteiger charge is -2.17. The molecule has 0 bridgehead atoms. The van der Waals surface area contributed by atoms with E-state index in [2.05, 4.69) is 17.2 Å². The number of aromatic nitrogens is 1. The van der Waals surface area contributed by atoms with Gasteiger partial charge in [-0.2, -0.15) is 0 Å². The van der Waals surface area contributed by atoms with Gasteiger partial charge in [0, 0.05) is 11.1 Å². The van der Waals surface area contributed by atoms with Crippen LogP contribution in [0.3, 0.4) is 0 Å². The topological polar surface area (TPSA) is 88.2 Å². The van der Waals surface area contributed by atoms with Crippen LogP contribution in [-0.4, -0.2) is 16.1 Å². The quantitative estimate of drug-likeness (QED) is 0.782. The molecule has 0 aliphatic rings. The minimum absolute atomic E-state index is 0.0900. The fraction of sp³-hybridized carbons (Fsp3) is 0.231. The van der Waals surface area contributed by atoms with Crippen molar-refractivity contribution >= 4 is 28.8 Å². The number of nitrogens with one attached hydrogen (secondary N) is 1. The summed E-state index contributed by atoms with van der Waals surface area (Å²) in [6.45, 7) is 2.07. The lowest BCUT2D eigenvalue weighted by atomic mass is 10.2. The van der Waals surface area contributed by atoms with Gasteiger partial charge in [0.05, 0.1) is 17.3 Å². The summed E-state index contributed by atoms with van der Waals surface area (Å²) in [5, 5.41) is 14.1. The molecule has 2 heterocycles. The number of carboxylic acids is 1. The molecule has 0 amide bonds. The van der Waals surface area contributed by atoms with Crippen molar-refractivity contribution in [3.05, 3.63) is 40.2 Å². The molecule has 6 heteroatoms. The normalized spacial score (nSPS) is 12.1. The first-order valence-corrected chi connectivity index (χ1v) is 6.78. The van der Waals surface area contributed by atoms with Crippen LogP contribution in [0.1, 0.15) is 34.6 Å². The Labute approximate surface area is 115 Å². The molecule has 4 N–H and O–H groups in total. The summed E-state index contributed by atoms with van der Waals surface area (Å²) in [5.74, 6) is -0.513. The Hall–Kier alpha value is -2.08. The van der Waals surface area contributed by atoms with E-state index in [1.54, 1.807) is 11.3 Å². The van der Waals surface area contributed by atoms with Gasteiger partial charge in [-0.15, -0.1) is 11.3 Å². The number of nitrogen functional groups attached to an aromatic ring is 1. The van der Waals surface area contributed by atoms with Gasteiger partial charge in [0.2, 0.25) is 0 Å². The molecule has 0 saturated heterocycles. The second kappa shape index (κ2) is 5.71. The van der Waals surface area contributed by atoms with Crippen molar-refractivity contribution in [3.8, 4) is 0 Å². The number of nitrogens with two attached hydrogens (primary N) is 1. The van der Waals surface area contributed by atoms with Crippen LogP contribution in [0.4, 0.5) is 11.5 Å².